The molecule has 0 aromatic rings. The molecule has 0 heterocycles. The summed E-state index contributed by atoms with van der Waals surface area (Å²) < 4.78 is 24.0. The first-order chi connectivity index (χ1) is 1.73. The van der Waals surface area contributed by atoms with Crippen molar-refractivity contribution < 1.29 is 30.2 Å². The fourth-order valence-electron chi connectivity index (χ4n) is 0. The second-order valence-electron chi connectivity index (χ2n) is 0.201. The zero-order chi connectivity index (χ0) is 3.58. The molecule has 5 heteroatoms. The highest BCUT2D eigenvalue weighted by molar-refractivity contribution is 1.94. The summed E-state index contributed by atoms with van der Waals surface area (Å²) in [5.74, 6) is 0. The first-order valence-electron chi connectivity index (χ1n) is 0.478. The van der Waals surface area contributed by atoms with Crippen LogP contribution in [0.5, 0.6) is 0 Å². The van der Waals surface area contributed by atoms with Gasteiger partial charge in [-0.05, 0) is 0 Å². The predicted octanol–water partition coefficient (Wildman–Crippen LogP) is -3.76. The van der Waals surface area contributed by atoms with Gasteiger partial charge in [0.2, 0.25) is 0 Å². The molecule has 0 bridgehead atoms. The topological polar surface area (TPSA) is 97.9 Å². The minimum absolute atomic E-state index is 0. The largest absolute Gasteiger partial charge is 0.412 e. The van der Waals surface area contributed by atoms with Gasteiger partial charge in [0.05, 0.1) is 0 Å². The van der Waals surface area contributed by atoms with Gasteiger partial charge >= 0.3 is 0 Å². The van der Waals surface area contributed by atoms with Crippen molar-refractivity contribution in [2.45, 2.75) is 0 Å². The maximum Gasteiger partial charge on any atom is 0.282 e. The zero-order valence-corrected chi connectivity index (χ0v) is 2.90. The lowest BCUT2D eigenvalue weighted by Gasteiger charge is -1.72. The van der Waals surface area contributed by atoms with Crippen LogP contribution in [0.2, 0.25) is 0 Å². The quantitative estimate of drug-likeness (QED) is 0.340. The van der Waals surface area contributed by atoms with Crippen molar-refractivity contribution >= 4 is 0 Å². The summed E-state index contributed by atoms with van der Waals surface area (Å²) >= 11 is 0. The van der Waals surface area contributed by atoms with Crippen molar-refractivity contribution in [3.63, 3.8) is 0 Å². The Labute approximate surface area is 31.4 Å². The molecule has 34 valence electrons. The van der Waals surface area contributed by atoms with Crippen LogP contribution in [0.3, 0.4) is 0 Å². The summed E-state index contributed by atoms with van der Waals surface area (Å²) in [5, 5.41) is 0. The fraction of sp³-hybridized carbons (Fsp3) is 0. The second-order valence-corrected chi connectivity index (χ2v) is 0.603. The Morgan fingerprint density at radius 1 is 1.40 bits per heavy atom. The summed E-state index contributed by atoms with van der Waals surface area (Å²) in [7, 11) is -2.60. The SMILES string of the molecule is O.[O-][Cl+2]([O-])O. The van der Waals surface area contributed by atoms with Gasteiger partial charge in [0.1, 0.15) is 0 Å². The molecule has 0 saturated heterocycles. The fourth-order valence-corrected chi connectivity index (χ4v) is 0. The first kappa shape index (κ1) is 8.93. The van der Waals surface area contributed by atoms with E-state index < -0.39 is 10.8 Å². The molecule has 5 heavy (non-hydrogen) atoms. The van der Waals surface area contributed by atoms with E-state index in [4.69, 9.17) is 14.0 Å². The van der Waals surface area contributed by atoms with Gasteiger partial charge in [-0.25, -0.2) is 0 Å². The van der Waals surface area contributed by atoms with Gasteiger partial charge < -0.3 is 14.8 Å². The molecule has 0 unspecified atom stereocenters. The smallest absolute Gasteiger partial charge is 0.282 e. The molecule has 0 aromatic heterocycles. The number of hydrogen-bond acceptors (Lipinski definition) is 3. The van der Waals surface area contributed by atoms with Crippen LogP contribution in [-0.2, 0) is 0 Å². The summed E-state index contributed by atoms with van der Waals surface area (Å²) in [5.41, 5.74) is 0. The van der Waals surface area contributed by atoms with E-state index in [1.807, 2.05) is 0 Å². The van der Waals surface area contributed by atoms with Crippen molar-refractivity contribution in [1.82, 2.24) is 0 Å². The highest BCUT2D eigenvalue weighted by Gasteiger charge is 1.79. The van der Waals surface area contributed by atoms with Gasteiger partial charge in [-0.1, -0.05) is 0 Å². The van der Waals surface area contributed by atoms with Gasteiger partial charge in [0.15, 0.2) is 0 Å². The standard InChI is InChI=1S/ClHO3.H2O/c2-1(3)4;/h2H;1H2. The van der Waals surface area contributed by atoms with E-state index in [9.17, 15) is 0 Å². The van der Waals surface area contributed by atoms with E-state index in [-0.39, 0.29) is 5.48 Å². The Morgan fingerprint density at radius 2 is 1.40 bits per heavy atom. The van der Waals surface area contributed by atoms with Crippen molar-refractivity contribution in [3.05, 3.63) is 0 Å². The maximum absolute atomic E-state index is 8.52. The number of rotatable bonds is 0. The molecule has 0 rings (SSSR count). The van der Waals surface area contributed by atoms with Crippen LogP contribution in [0.25, 0.3) is 0 Å². The summed E-state index contributed by atoms with van der Waals surface area (Å²) in [4.78, 5) is 0. The molecule has 3 N–H and O–H groups in total. The number of hydrogen-bond donors (Lipinski definition) is 1. The van der Waals surface area contributed by atoms with Crippen LogP contribution in [0, 0.1) is 10.8 Å². The van der Waals surface area contributed by atoms with Gasteiger partial charge in [0.25, 0.3) is 10.8 Å². The molecule has 0 amide bonds. The molecule has 0 aliphatic rings. The van der Waals surface area contributed by atoms with E-state index in [1.54, 1.807) is 0 Å². The van der Waals surface area contributed by atoms with Gasteiger partial charge in [-0.3, -0.25) is 0 Å². The molecule has 4 nitrogen and oxygen atoms in total. The number of halogens is 1. The van der Waals surface area contributed by atoms with Crippen molar-refractivity contribution in [3.8, 4) is 0 Å². The van der Waals surface area contributed by atoms with Crippen molar-refractivity contribution in [1.29, 1.82) is 0 Å². The van der Waals surface area contributed by atoms with Crippen LogP contribution in [0.4, 0.5) is 0 Å². The average molecular weight is 102 g/mol. The third kappa shape index (κ3) is 1110. The zero-order valence-electron chi connectivity index (χ0n) is 2.14. The molecule has 0 aliphatic heterocycles. The molecular weight excluding hydrogens is 99.4 g/mol. The van der Waals surface area contributed by atoms with E-state index in [0.29, 0.717) is 0 Å². The van der Waals surface area contributed by atoms with Crippen LogP contribution in [0.1, 0.15) is 0 Å². The Bertz CT molecular complexity index is 8.36. The van der Waals surface area contributed by atoms with Crippen LogP contribution in [0.15, 0.2) is 0 Å². The highest BCUT2D eigenvalue weighted by Crippen LogP contribution is 1.38. The van der Waals surface area contributed by atoms with Crippen molar-refractivity contribution in [2.24, 2.45) is 0 Å². The van der Waals surface area contributed by atoms with Gasteiger partial charge in [-0.15, -0.1) is 0 Å². The molecule has 0 aromatic carbocycles. The molecule has 0 fully saturated rings. The van der Waals surface area contributed by atoms with Gasteiger partial charge in [-0.2, -0.15) is 0 Å². The Balaban J connectivity index is 0. The summed E-state index contributed by atoms with van der Waals surface area (Å²) in [6.07, 6.45) is 0. The van der Waals surface area contributed by atoms with Crippen molar-refractivity contribution in [2.75, 3.05) is 0 Å². The summed E-state index contributed by atoms with van der Waals surface area (Å²) in [6.45, 7) is 0. The molecular formula is H3ClO4. The van der Waals surface area contributed by atoms with Crippen LogP contribution in [-0.4, -0.2) is 10.1 Å². The minimum Gasteiger partial charge on any atom is -0.412 e. The highest BCUT2D eigenvalue weighted by atomic mass is 35.6. The third-order valence-corrected chi connectivity index (χ3v) is 0. The summed E-state index contributed by atoms with van der Waals surface area (Å²) in [6, 6.07) is 0. The van der Waals surface area contributed by atoms with E-state index in [2.05, 4.69) is 0 Å². The molecule has 0 spiro atoms. The van der Waals surface area contributed by atoms with E-state index in [0.717, 1.165) is 0 Å². The normalized spacial score (nSPS) is 7.20. The Hall–Kier alpha value is 0.130. The predicted molar refractivity (Wildman–Crippen MR) is 5.83 cm³/mol. The molecule has 0 saturated carbocycles. The maximum atomic E-state index is 8.52. The van der Waals surface area contributed by atoms with E-state index >= 15 is 0 Å². The second kappa shape index (κ2) is 4.13. The molecule has 0 radical (unpaired) electrons. The molecule has 0 atom stereocenters. The van der Waals surface area contributed by atoms with Gasteiger partial charge in [0, 0.05) is 4.66 Å². The lowest BCUT2D eigenvalue weighted by molar-refractivity contribution is -1.63. The van der Waals surface area contributed by atoms with E-state index in [1.165, 1.54) is 0 Å². The first-order valence-corrected chi connectivity index (χ1v) is 1.43. The monoisotopic (exact) mass is 102 g/mol. The molecule has 0 aliphatic carbocycles. The Kier molecular flexibility index (Phi) is 7.38. The van der Waals surface area contributed by atoms with Crippen LogP contribution >= 0.6 is 0 Å². The average Bonchev–Trinajstić information content (AvgIpc) is 0.811. The Morgan fingerprint density at radius 3 is 1.40 bits per heavy atom. The minimum atomic E-state index is -2.60. The lowest BCUT2D eigenvalue weighted by Crippen LogP contribution is -2.30. The van der Waals surface area contributed by atoms with Crippen LogP contribution < -0.4 is 9.32 Å². The third-order valence-electron chi connectivity index (χ3n) is 0. The lowest BCUT2D eigenvalue weighted by atomic mass is 15.8.